The van der Waals surface area contributed by atoms with Gasteiger partial charge in [0, 0.05) is 30.2 Å². The van der Waals surface area contributed by atoms with E-state index in [1.54, 1.807) is 23.5 Å². The zero-order chi connectivity index (χ0) is 16.8. The fourth-order valence-corrected chi connectivity index (χ4v) is 3.28. The van der Waals surface area contributed by atoms with Gasteiger partial charge in [-0.05, 0) is 36.1 Å². The zero-order valence-electron chi connectivity index (χ0n) is 13.3. The quantitative estimate of drug-likeness (QED) is 0.872. The molecular weight excluding hydrogens is 329 g/mol. The molecule has 1 aromatic heterocycles. The number of morpholine rings is 1. The molecule has 2 N–H and O–H groups in total. The van der Waals surface area contributed by atoms with Crippen molar-refractivity contribution in [1.29, 1.82) is 0 Å². The van der Waals surface area contributed by atoms with E-state index in [4.69, 9.17) is 4.74 Å². The molecule has 5 nitrogen and oxygen atoms in total. The Bertz CT molecular complexity index is 672. The third-order valence-electron chi connectivity index (χ3n) is 3.79. The number of carbonyl (C=O) groups excluding carboxylic acids is 1. The molecule has 0 saturated carbocycles. The molecule has 0 spiro atoms. The van der Waals surface area contributed by atoms with Gasteiger partial charge in [-0.15, -0.1) is 11.3 Å². The van der Waals surface area contributed by atoms with E-state index in [1.807, 2.05) is 22.4 Å². The van der Waals surface area contributed by atoms with Gasteiger partial charge in [0.15, 0.2) is 0 Å². The molecule has 1 aromatic carbocycles. The fourth-order valence-electron chi connectivity index (χ4n) is 2.57. The molecule has 1 fully saturated rings. The Labute approximate surface area is 144 Å². The number of nitrogens with one attached hydrogen (secondary N) is 2. The number of hydrogen-bond donors (Lipinski definition) is 2. The minimum atomic E-state index is -0.340. The monoisotopic (exact) mass is 349 g/mol. The van der Waals surface area contributed by atoms with Crippen molar-refractivity contribution in [2.45, 2.75) is 6.42 Å². The molecule has 0 radical (unpaired) electrons. The van der Waals surface area contributed by atoms with Gasteiger partial charge in [-0.1, -0.05) is 6.07 Å². The van der Waals surface area contributed by atoms with E-state index in [-0.39, 0.29) is 11.8 Å². The number of amides is 2. The summed E-state index contributed by atoms with van der Waals surface area (Å²) in [6.45, 7) is 3.10. The summed E-state index contributed by atoms with van der Waals surface area (Å²) in [5.74, 6) is -0.340. The first-order valence-corrected chi connectivity index (χ1v) is 8.80. The van der Waals surface area contributed by atoms with Crippen LogP contribution in [0.4, 0.5) is 20.6 Å². The topological polar surface area (TPSA) is 53.6 Å². The highest BCUT2D eigenvalue weighted by Crippen LogP contribution is 2.23. The third kappa shape index (κ3) is 4.46. The molecule has 24 heavy (non-hydrogen) atoms. The average molecular weight is 349 g/mol. The Morgan fingerprint density at radius 3 is 2.83 bits per heavy atom. The van der Waals surface area contributed by atoms with E-state index in [2.05, 4.69) is 10.6 Å². The molecule has 2 aromatic rings. The Morgan fingerprint density at radius 2 is 2.12 bits per heavy atom. The number of urea groups is 1. The Balaban J connectivity index is 1.51. The van der Waals surface area contributed by atoms with Gasteiger partial charge in [0.25, 0.3) is 0 Å². The standard InChI is InChI=1S/C17H20FN3O2S/c18-15-12-13(3-4-16(15)21-7-9-23-10-8-21)20-17(22)19-6-5-14-2-1-11-24-14/h1-4,11-12H,5-10H2,(H2,19,20,22). The largest absolute Gasteiger partial charge is 0.378 e. The number of carbonyl (C=O) groups is 1. The maximum atomic E-state index is 14.3. The maximum absolute atomic E-state index is 14.3. The first-order chi connectivity index (χ1) is 11.7. The first kappa shape index (κ1) is 16.7. The van der Waals surface area contributed by atoms with E-state index >= 15 is 0 Å². The third-order valence-corrected chi connectivity index (χ3v) is 4.73. The lowest BCUT2D eigenvalue weighted by Gasteiger charge is -2.29. The van der Waals surface area contributed by atoms with Gasteiger partial charge in [0.05, 0.1) is 18.9 Å². The van der Waals surface area contributed by atoms with Gasteiger partial charge in [0.2, 0.25) is 0 Å². The van der Waals surface area contributed by atoms with Crippen LogP contribution in [0, 0.1) is 5.82 Å². The van der Waals surface area contributed by atoms with Crippen LogP contribution in [0.15, 0.2) is 35.7 Å². The molecule has 0 bridgehead atoms. The number of anilines is 2. The molecule has 2 heterocycles. The lowest BCUT2D eigenvalue weighted by Crippen LogP contribution is -2.36. The molecule has 3 rings (SSSR count). The van der Waals surface area contributed by atoms with Crippen molar-refractivity contribution in [2.75, 3.05) is 43.1 Å². The summed E-state index contributed by atoms with van der Waals surface area (Å²) < 4.78 is 19.5. The SMILES string of the molecule is O=C(NCCc1cccs1)Nc1ccc(N2CCOCC2)c(F)c1. The first-order valence-electron chi connectivity index (χ1n) is 7.92. The number of hydrogen-bond acceptors (Lipinski definition) is 4. The van der Waals surface area contributed by atoms with Gasteiger partial charge < -0.3 is 20.3 Å². The van der Waals surface area contributed by atoms with Crippen molar-refractivity contribution in [2.24, 2.45) is 0 Å². The fraction of sp³-hybridized carbons (Fsp3) is 0.353. The molecular formula is C17H20FN3O2S. The molecule has 1 saturated heterocycles. The van der Waals surface area contributed by atoms with Crippen molar-refractivity contribution < 1.29 is 13.9 Å². The minimum absolute atomic E-state index is 0.329. The summed E-state index contributed by atoms with van der Waals surface area (Å²) in [5.41, 5.74) is 0.986. The lowest BCUT2D eigenvalue weighted by atomic mass is 10.2. The van der Waals surface area contributed by atoms with Crippen LogP contribution < -0.4 is 15.5 Å². The lowest BCUT2D eigenvalue weighted by molar-refractivity contribution is 0.122. The molecule has 0 atom stereocenters. The Kier molecular flexibility index (Phi) is 5.66. The van der Waals surface area contributed by atoms with Crippen molar-refractivity contribution in [1.82, 2.24) is 5.32 Å². The molecule has 0 aliphatic carbocycles. The number of benzene rings is 1. The van der Waals surface area contributed by atoms with E-state index in [0.29, 0.717) is 44.2 Å². The second-order valence-electron chi connectivity index (χ2n) is 5.48. The number of thiophene rings is 1. The smallest absolute Gasteiger partial charge is 0.319 e. The summed E-state index contributed by atoms with van der Waals surface area (Å²) in [4.78, 5) is 15.0. The van der Waals surface area contributed by atoms with Crippen LogP contribution in [0.1, 0.15) is 4.88 Å². The molecule has 2 amide bonds. The molecule has 1 aliphatic rings. The zero-order valence-corrected chi connectivity index (χ0v) is 14.1. The average Bonchev–Trinajstić information content (AvgIpc) is 3.09. The van der Waals surface area contributed by atoms with Crippen LogP contribution in [-0.2, 0) is 11.2 Å². The van der Waals surface area contributed by atoms with E-state index < -0.39 is 0 Å². The predicted octanol–water partition coefficient (Wildman–Crippen LogP) is 3.09. The molecule has 7 heteroatoms. The highest BCUT2D eigenvalue weighted by molar-refractivity contribution is 7.09. The van der Waals surface area contributed by atoms with E-state index in [1.165, 1.54) is 10.9 Å². The summed E-state index contributed by atoms with van der Waals surface area (Å²) in [5, 5.41) is 7.45. The highest BCUT2D eigenvalue weighted by Gasteiger charge is 2.15. The van der Waals surface area contributed by atoms with Crippen LogP contribution in [-0.4, -0.2) is 38.9 Å². The number of rotatable bonds is 5. The van der Waals surface area contributed by atoms with Crippen LogP contribution in [0.25, 0.3) is 0 Å². The molecule has 0 unspecified atom stereocenters. The van der Waals surface area contributed by atoms with Gasteiger partial charge in [0.1, 0.15) is 5.82 Å². The van der Waals surface area contributed by atoms with Gasteiger partial charge in [-0.3, -0.25) is 0 Å². The summed E-state index contributed by atoms with van der Waals surface area (Å²) >= 11 is 1.66. The van der Waals surface area contributed by atoms with Crippen molar-refractivity contribution in [3.8, 4) is 0 Å². The summed E-state index contributed by atoms with van der Waals surface area (Å²) in [6.07, 6.45) is 0.787. The van der Waals surface area contributed by atoms with Crippen LogP contribution in [0.2, 0.25) is 0 Å². The number of ether oxygens (including phenoxy) is 1. The van der Waals surface area contributed by atoms with Crippen molar-refractivity contribution >= 4 is 28.7 Å². The van der Waals surface area contributed by atoms with Crippen LogP contribution >= 0.6 is 11.3 Å². The molecule has 1 aliphatic heterocycles. The predicted molar refractivity (Wildman–Crippen MR) is 94.5 cm³/mol. The normalized spacial score (nSPS) is 14.5. The van der Waals surface area contributed by atoms with Crippen molar-refractivity contribution in [3.63, 3.8) is 0 Å². The number of halogens is 1. The number of nitrogens with zero attached hydrogens (tertiary/aromatic N) is 1. The van der Waals surface area contributed by atoms with Gasteiger partial charge in [-0.25, -0.2) is 9.18 Å². The summed E-state index contributed by atoms with van der Waals surface area (Å²) in [6, 6.07) is 8.45. The maximum Gasteiger partial charge on any atom is 0.319 e. The van der Waals surface area contributed by atoms with Crippen molar-refractivity contribution in [3.05, 3.63) is 46.4 Å². The van der Waals surface area contributed by atoms with Crippen LogP contribution in [0.5, 0.6) is 0 Å². The minimum Gasteiger partial charge on any atom is -0.378 e. The second kappa shape index (κ2) is 8.12. The van der Waals surface area contributed by atoms with E-state index in [0.717, 1.165) is 6.42 Å². The van der Waals surface area contributed by atoms with E-state index in [9.17, 15) is 9.18 Å². The molecule has 128 valence electrons. The summed E-state index contributed by atoms with van der Waals surface area (Å²) in [7, 11) is 0. The highest BCUT2D eigenvalue weighted by atomic mass is 32.1. The van der Waals surface area contributed by atoms with Gasteiger partial charge in [-0.2, -0.15) is 0 Å². The van der Waals surface area contributed by atoms with Crippen LogP contribution in [0.3, 0.4) is 0 Å². The Morgan fingerprint density at radius 1 is 1.29 bits per heavy atom. The second-order valence-corrected chi connectivity index (χ2v) is 6.51. The van der Waals surface area contributed by atoms with Gasteiger partial charge >= 0.3 is 6.03 Å². The Hall–Kier alpha value is -2.12.